The Balaban J connectivity index is 3.07. The predicted molar refractivity (Wildman–Crippen MR) is 49.8 cm³/mol. The second-order valence-corrected chi connectivity index (χ2v) is 3.14. The average Bonchev–Trinajstić information content (AvgIpc) is 2.17. The fourth-order valence-corrected chi connectivity index (χ4v) is 1.18. The minimum atomic E-state index is -4.93. The van der Waals surface area contributed by atoms with Gasteiger partial charge >= 0.3 is 13.0 Å². The lowest BCUT2D eigenvalue weighted by Gasteiger charge is -2.12. The number of alkyl halides is 5. The number of ketones is 1. The molecule has 0 N–H and O–H groups in total. The molecule has 18 heavy (non-hydrogen) atoms. The summed E-state index contributed by atoms with van der Waals surface area (Å²) in [6.07, 6.45) is -4.93. The van der Waals surface area contributed by atoms with Gasteiger partial charge in [0.05, 0.1) is 5.56 Å². The SMILES string of the molecule is CC(=O)c1cc(OC(F)(F)F)ccc1OC(F)F. The molecule has 0 atom stereocenters. The second-order valence-electron chi connectivity index (χ2n) is 3.14. The van der Waals surface area contributed by atoms with Crippen molar-refractivity contribution in [1.29, 1.82) is 0 Å². The lowest BCUT2D eigenvalue weighted by atomic mass is 10.1. The van der Waals surface area contributed by atoms with Crippen molar-refractivity contribution >= 4 is 5.78 Å². The molecule has 0 aliphatic rings. The van der Waals surface area contributed by atoms with E-state index in [0.717, 1.165) is 19.1 Å². The molecule has 0 fully saturated rings. The van der Waals surface area contributed by atoms with Gasteiger partial charge in [0, 0.05) is 0 Å². The summed E-state index contributed by atoms with van der Waals surface area (Å²) >= 11 is 0. The number of halogens is 5. The average molecular weight is 270 g/mol. The topological polar surface area (TPSA) is 35.5 Å². The maximum absolute atomic E-state index is 12.0. The molecule has 1 rings (SSSR count). The van der Waals surface area contributed by atoms with Gasteiger partial charge in [-0.2, -0.15) is 8.78 Å². The van der Waals surface area contributed by atoms with Crippen LogP contribution >= 0.6 is 0 Å². The third kappa shape index (κ3) is 4.19. The number of Topliss-reactive ketones (excluding diaryl/α,β-unsaturated/α-hetero) is 1. The summed E-state index contributed by atoms with van der Waals surface area (Å²) in [5.74, 6) is -1.92. The monoisotopic (exact) mass is 270 g/mol. The number of carbonyl (C=O) groups excluding carboxylic acids is 1. The van der Waals surface area contributed by atoms with Gasteiger partial charge in [-0.05, 0) is 25.1 Å². The molecule has 1 aromatic carbocycles. The van der Waals surface area contributed by atoms with E-state index < -0.39 is 35.8 Å². The molecular weight excluding hydrogens is 263 g/mol. The molecule has 0 aliphatic carbocycles. The number of carbonyl (C=O) groups is 1. The van der Waals surface area contributed by atoms with Crippen molar-refractivity contribution in [3.63, 3.8) is 0 Å². The Morgan fingerprint density at radius 2 is 1.89 bits per heavy atom. The Kier molecular flexibility index (Phi) is 4.10. The van der Waals surface area contributed by atoms with Gasteiger partial charge in [0.1, 0.15) is 11.5 Å². The van der Waals surface area contributed by atoms with E-state index in [1.165, 1.54) is 0 Å². The lowest BCUT2D eigenvalue weighted by Crippen LogP contribution is -2.17. The van der Waals surface area contributed by atoms with Crippen LogP contribution < -0.4 is 9.47 Å². The Hall–Kier alpha value is -1.86. The van der Waals surface area contributed by atoms with Crippen LogP contribution in [0.15, 0.2) is 18.2 Å². The Labute approximate surface area is 98.1 Å². The summed E-state index contributed by atoms with van der Waals surface area (Å²) in [5.41, 5.74) is -0.419. The van der Waals surface area contributed by atoms with Gasteiger partial charge in [-0.1, -0.05) is 0 Å². The van der Waals surface area contributed by atoms with Crippen LogP contribution in [-0.4, -0.2) is 18.8 Å². The first-order valence-electron chi connectivity index (χ1n) is 4.54. The van der Waals surface area contributed by atoms with Crippen molar-refractivity contribution in [2.24, 2.45) is 0 Å². The quantitative estimate of drug-likeness (QED) is 0.621. The molecule has 0 spiro atoms. The summed E-state index contributed by atoms with van der Waals surface area (Å²) in [5, 5.41) is 0. The minimum Gasteiger partial charge on any atom is -0.434 e. The van der Waals surface area contributed by atoms with Crippen molar-refractivity contribution in [1.82, 2.24) is 0 Å². The zero-order chi connectivity index (χ0) is 13.9. The Bertz CT molecular complexity index is 442. The highest BCUT2D eigenvalue weighted by Crippen LogP contribution is 2.29. The highest BCUT2D eigenvalue weighted by Gasteiger charge is 2.31. The highest BCUT2D eigenvalue weighted by atomic mass is 19.4. The standard InChI is InChI=1S/C10H7F5O3/c1-5(16)7-4-6(18-10(13,14)15)2-3-8(7)17-9(11)12/h2-4,9H,1H3. The number of ether oxygens (including phenoxy) is 2. The summed E-state index contributed by atoms with van der Waals surface area (Å²) < 4.78 is 67.3. The van der Waals surface area contributed by atoms with E-state index in [9.17, 15) is 26.7 Å². The summed E-state index contributed by atoms with van der Waals surface area (Å²) in [7, 11) is 0. The van der Waals surface area contributed by atoms with E-state index >= 15 is 0 Å². The van der Waals surface area contributed by atoms with Gasteiger partial charge in [0.25, 0.3) is 0 Å². The van der Waals surface area contributed by atoms with Crippen LogP contribution in [0.1, 0.15) is 17.3 Å². The normalized spacial score (nSPS) is 11.5. The van der Waals surface area contributed by atoms with Crippen molar-refractivity contribution in [3.8, 4) is 11.5 Å². The van der Waals surface area contributed by atoms with Crippen LogP contribution in [0, 0.1) is 0 Å². The summed E-state index contributed by atoms with van der Waals surface area (Å²) in [4.78, 5) is 11.1. The summed E-state index contributed by atoms with van der Waals surface area (Å²) in [6.45, 7) is -2.18. The molecule has 1 aromatic rings. The molecule has 0 bridgehead atoms. The molecule has 0 radical (unpaired) electrons. The van der Waals surface area contributed by atoms with E-state index in [0.29, 0.717) is 6.07 Å². The predicted octanol–water partition coefficient (Wildman–Crippen LogP) is 3.39. The van der Waals surface area contributed by atoms with Crippen molar-refractivity contribution < 1.29 is 36.2 Å². The van der Waals surface area contributed by atoms with Gasteiger partial charge in [-0.25, -0.2) is 0 Å². The molecule has 8 heteroatoms. The third-order valence-electron chi connectivity index (χ3n) is 1.78. The minimum absolute atomic E-state index is 0.419. The third-order valence-corrected chi connectivity index (χ3v) is 1.78. The van der Waals surface area contributed by atoms with Gasteiger partial charge in [-0.15, -0.1) is 13.2 Å². The molecule has 0 aromatic heterocycles. The zero-order valence-electron chi connectivity index (χ0n) is 8.92. The number of hydrogen-bond acceptors (Lipinski definition) is 3. The first-order valence-corrected chi connectivity index (χ1v) is 4.54. The van der Waals surface area contributed by atoms with Crippen LogP contribution in [0.3, 0.4) is 0 Å². The van der Waals surface area contributed by atoms with Crippen molar-refractivity contribution in [3.05, 3.63) is 23.8 Å². The first kappa shape index (κ1) is 14.2. The Morgan fingerprint density at radius 1 is 1.28 bits per heavy atom. The van der Waals surface area contributed by atoms with E-state index in [2.05, 4.69) is 9.47 Å². The zero-order valence-corrected chi connectivity index (χ0v) is 8.92. The van der Waals surface area contributed by atoms with Gasteiger partial charge in [-0.3, -0.25) is 4.79 Å². The van der Waals surface area contributed by atoms with Gasteiger partial charge in [0.2, 0.25) is 0 Å². The number of benzene rings is 1. The fraction of sp³-hybridized carbons (Fsp3) is 0.300. The number of hydrogen-bond donors (Lipinski definition) is 0. The molecule has 0 aliphatic heterocycles. The van der Waals surface area contributed by atoms with E-state index in [-0.39, 0.29) is 0 Å². The Morgan fingerprint density at radius 3 is 2.33 bits per heavy atom. The van der Waals surface area contributed by atoms with Crippen LogP contribution in [0.2, 0.25) is 0 Å². The fourth-order valence-electron chi connectivity index (χ4n) is 1.18. The highest BCUT2D eigenvalue weighted by molar-refractivity contribution is 5.97. The largest absolute Gasteiger partial charge is 0.573 e. The van der Waals surface area contributed by atoms with Crippen molar-refractivity contribution in [2.45, 2.75) is 19.9 Å². The summed E-state index contributed by atoms with van der Waals surface area (Å²) in [6, 6.07) is 2.27. The molecule has 0 amide bonds. The van der Waals surface area contributed by atoms with E-state index in [1.54, 1.807) is 0 Å². The van der Waals surface area contributed by atoms with Crippen LogP contribution in [0.25, 0.3) is 0 Å². The van der Waals surface area contributed by atoms with Crippen LogP contribution in [0.5, 0.6) is 11.5 Å². The molecule has 0 heterocycles. The van der Waals surface area contributed by atoms with E-state index in [1.807, 2.05) is 0 Å². The van der Waals surface area contributed by atoms with Crippen LogP contribution in [0.4, 0.5) is 22.0 Å². The molecule has 3 nitrogen and oxygen atoms in total. The molecule has 0 saturated heterocycles. The van der Waals surface area contributed by atoms with E-state index in [4.69, 9.17) is 0 Å². The first-order chi connectivity index (χ1) is 8.19. The number of rotatable bonds is 4. The maximum atomic E-state index is 12.0. The smallest absolute Gasteiger partial charge is 0.434 e. The molecule has 0 saturated carbocycles. The second kappa shape index (κ2) is 5.19. The van der Waals surface area contributed by atoms with Crippen molar-refractivity contribution in [2.75, 3.05) is 0 Å². The van der Waals surface area contributed by atoms with Crippen LogP contribution in [-0.2, 0) is 0 Å². The van der Waals surface area contributed by atoms with Gasteiger partial charge < -0.3 is 9.47 Å². The maximum Gasteiger partial charge on any atom is 0.573 e. The van der Waals surface area contributed by atoms with Gasteiger partial charge in [0.15, 0.2) is 5.78 Å². The molecular formula is C10H7F5O3. The molecule has 100 valence electrons. The lowest BCUT2D eigenvalue weighted by molar-refractivity contribution is -0.274. The molecule has 0 unspecified atom stereocenters.